The summed E-state index contributed by atoms with van der Waals surface area (Å²) in [5.74, 6) is -1.06. The SMILES string of the molecule is CN(C(=O)c1ccccc1-c1ccccc1)c1ccc(Cl)cc1CCC(=O)O. The molecule has 0 bridgehead atoms. The van der Waals surface area contributed by atoms with E-state index in [-0.39, 0.29) is 12.3 Å². The van der Waals surface area contributed by atoms with Crippen LogP contribution in [0.1, 0.15) is 22.3 Å². The van der Waals surface area contributed by atoms with Crippen LogP contribution in [-0.2, 0) is 11.2 Å². The molecule has 5 heteroatoms. The van der Waals surface area contributed by atoms with E-state index in [4.69, 9.17) is 16.7 Å². The Morgan fingerprint density at radius 2 is 1.64 bits per heavy atom. The molecule has 0 aliphatic rings. The molecule has 0 saturated heterocycles. The van der Waals surface area contributed by atoms with Gasteiger partial charge in [0.2, 0.25) is 0 Å². The van der Waals surface area contributed by atoms with Crippen LogP contribution in [0.2, 0.25) is 5.02 Å². The lowest BCUT2D eigenvalue weighted by atomic mass is 9.98. The van der Waals surface area contributed by atoms with Gasteiger partial charge in [-0.25, -0.2) is 0 Å². The summed E-state index contributed by atoms with van der Waals surface area (Å²) in [6.45, 7) is 0. The van der Waals surface area contributed by atoms with Gasteiger partial charge in [0.25, 0.3) is 5.91 Å². The highest BCUT2D eigenvalue weighted by Crippen LogP contribution is 2.29. The van der Waals surface area contributed by atoms with E-state index in [0.717, 1.165) is 16.7 Å². The average molecular weight is 394 g/mol. The van der Waals surface area contributed by atoms with Crippen LogP contribution in [0.3, 0.4) is 0 Å². The first-order valence-corrected chi connectivity index (χ1v) is 9.28. The van der Waals surface area contributed by atoms with Crippen molar-refractivity contribution in [1.29, 1.82) is 0 Å². The van der Waals surface area contributed by atoms with Gasteiger partial charge in [-0.3, -0.25) is 9.59 Å². The Morgan fingerprint density at radius 1 is 0.964 bits per heavy atom. The minimum atomic E-state index is -0.894. The molecule has 0 unspecified atom stereocenters. The summed E-state index contributed by atoms with van der Waals surface area (Å²) >= 11 is 6.09. The molecule has 0 saturated carbocycles. The number of carbonyl (C=O) groups is 2. The van der Waals surface area contributed by atoms with Gasteiger partial charge in [-0.15, -0.1) is 0 Å². The maximum atomic E-state index is 13.3. The van der Waals surface area contributed by atoms with Gasteiger partial charge in [0, 0.05) is 29.7 Å². The van der Waals surface area contributed by atoms with E-state index in [1.807, 2.05) is 48.5 Å². The lowest BCUT2D eigenvalue weighted by Gasteiger charge is -2.22. The van der Waals surface area contributed by atoms with Gasteiger partial charge in [-0.2, -0.15) is 0 Å². The molecule has 4 nitrogen and oxygen atoms in total. The molecular weight excluding hydrogens is 374 g/mol. The molecule has 0 aromatic heterocycles. The average Bonchev–Trinajstić information content (AvgIpc) is 2.72. The van der Waals surface area contributed by atoms with Crippen molar-refractivity contribution in [1.82, 2.24) is 0 Å². The van der Waals surface area contributed by atoms with Crippen LogP contribution in [0.25, 0.3) is 11.1 Å². The third-order valence-corrected chi connectivity index (χ3v) is 4.79. The summed E-state index contributed by atoms with van der Waals surface area (Å²) in [7, 11) is 1.69. The molecule has 28 heavy (non-hydrogen) atoms. The number of carboxylic acid groups (broad SMARTS) is 1. The van der Waals surface area contributed by atoms with Crippen molar-refractivity contribution >= 4 is 29.2 Å². The topological polar surface area (TPSA) is 57.6 Å². The fourth-order valence-corrected chi connectivity index (χ4v) is 3.35. The quantitative estimate of drug-likeness (QED) is 0.618. The first-order valence-electron chi connectivity index (χ1n) is 8.90. The number of rotatable bonds is 6. The summed E-state index contributed by atoms with van der Waals surface area (Å²) in [6, 6.07) is 22.4. The van der Waals surface area contributed by atoms with Crippen LogP contribution < -0.4 is 4.90 Å². The summed E-state index contributed by atoms with van der Waals surface area (Å²) in [6.07, 6.45) is 0.263. The normalized spacial score (nSPS) is 10.5. The maximum Gasteiger partial charge on any atom is 0.303 e. The fourth-order valence-electron chi connectivity index (χ4n) is 3.15. The summed E-state index contributed by atoms with van der Waals surface area (Å²) < 4.78 is 0. The van der Waals surface area contributed by atoms with Crippen LogP contribution in [0.5, 0.6) is 0 Å². The molecule has 1 N–H and O–H groups in total. The van der Waals surface area contributed by atoms with Crippen LogP contribution >= 0.6 is 11.6 Å². The molecule has 3 aromatic rings. The van der Waals surface area contributed by atoms with Gasteiger partial charge in [-0.1, -0.05) is 60.1 Å². The number of hydrogen-bond acceptors (Lipinski definition) is 2. The van der Waals surface area contributed by atoms with Crippen LogP contribution in [0, 0.1) is 0 Å². The van der Waals surface area contributed by atoms with Crippen molar-refractivity contribution in [3.8, 4) is 11.1 Å². The molecule has 1 amide bonds. The van der Waals surface area contributed by atoms with E-state index in [1.54, 1.807) is 36.2 Å². The third-order valence-electron chi connectivity index (χ3n) is 4.56. The number of aliphatic carboxylic acids is 1. The van der Waals surface area contributed by atoms with Gasteiger partial charge in [-0.05, 0) is 47.4 Å². The number of benzene rings is 3. The second kappa shape index (κ2) is 8.72. The van der Waals surface area contributed by atoms with Gasteiger partial charge in [0.15, 0.2) is 0 Å². The number of carbonyl (C=O) groups excluding carboxylic acids is 1. The number of hydrogen-bond donors (Lipinski definition) is 1. The number of aryl methyl sites for hydroxylation is 1. The highest BCUT2D eigenvalue weighted by molar-refractivity contribution is 6.30. The van der Waals surface area contributed by atoms with Crippen LogP contribution in [-0.4, -0.2) is 24.0 Å². The fraction of sp³-hybridized carbons (Fsp3) is 0.130. The predicted octanol–water partition coefficient (Wildman–Crippen LogP) is 5.30. The highest BCUT2D eigenvalue weighted by Gasteiger charge is 2.20. The maximum absolute atomic E-state index is 13.3. The number of nitrogens with zero attached hydrogens (tertiary/aromatic N) is 1. The number of carboxylic acids is 1. The largest absolute Gasteiger partial charge is 0.481 e. The zero-order valence-corrected chi connectivity index (χ0v) is 16.2. The Labute approximate surface area is 169 Å². The van der Waals surface area contributed by atoms with Gasteiger partial charge in [0.1, 0.15) is 0 Å². The van der Waals surface area contributed by atoms with Gasteiger partial charge >= 0.3 is 5.97 Å². The number of halogens is 1. The first-order chi connectivity index (χ1) is 13.5. The number of anilines is 1. The summed E-state index contributed by atoms with van der Waals surface area (Å²) in [5.41, 5.74) is 3.76. The summed E-state index contributed by atoms with van der Waals surface area (Å²) in [5, 5.41) is 9.52. The van der Waals surface area contributed by atoms with Crippen molar-refractivity contribution in [3.63, 3.8) is 0 Å². The van der Waals surface area contributed by atoms with Crippen LogP contribution in [0.4, 0.5) is 5.69 Å². The van der Waals surface area contributed by atoms with Crippen molar-refractivity contribution < 1.29 is 14.7 Å². The molecule has 0 spiro atoms. The van der Waals surface area contributed by atoms with E-state index in [2.05, 4.69) is 0 Å². The number of amides is 1. The Balaban J connectivity index is 1.98. The summed E-state index contributed by atoms with van der Waals surface area (Å²) in [4.78, 5) is 25.8. The van der Waals surface area contributed by atoms with Gasteiger partial charge < -0.3 is 10.0 Å². The smallest absolute Gasteiger partial charge is 0.303 e. The Kier molecular flexibility index (Phi) is 6.12. The lowest BCUT2D eigenvalue weighted by molar-refractivity contribution is -0.136. The molecule has 3 aromatic carbocycles. The minimum absolute atomic E-state index is 0.0318. The zero-order chi connectivity index (χ0) is 20.1. The molecule has 142 valence electrons. The first kappa shape index (κ1) is 19.6. The molecule has 0 fully saturated rings. The third kappa shape index (κ3) is 4.41. The molecule has 0 aliphatic heterocycles. The Hall–Kier alpha value is -3.11. The van der Waals surface area contributed by atoms with E-state index >= 15 is 0 Å². The van der Waals surface area contributed by atoms with Crippen molar-refractivity contribution in [2.24, 2.45) is 0 Å². The molecular formula is C23H20ClNO3. The second-order valence-electron chi connectivity index (χ2n) is 6.44. The van der Waals surface area contributed by atoms with E-state index in [0.29, 0.717) is 22.7 Å². The van der Waals surface area contributed by atoms with Crippen molar-refractivity contribution in [2.45, 2.75) is 12.8 Å². The molecule has 0 heterocycles. The highest BCUT2D eigenvalue weighted by atomic mass is 35.5. The Bertz CT molecular complexity index is 1000. The van der Waals surface area contributed by atoms with Gasteiger partial charge in [0.05, 0.1) is 0 Å². The molecule has 0 aliphatic carbocycles. The predicted molar refractivity (Wildman–Crippen MR) is 112 cm³/mol. The lowest BCUT2D eigenvalue weighted by Crippen LogP contribution is -2.27. The van der Waals surface area contributed by atoms with Crippen molar-refractivity contribution in [2.75, 3.05) is 11.9 Å². The Morgan fingerprint density at radius 3 is 2.36 bits per heavy atom. The minimum Gasteiger partial charge on any atom is -0.481 e. The molecule has 3 rings (SSSR count). The second-order valence-corrected chi connectivity index (χ2v) is 6.88. The monoisotopic (exact) mass is 393 g/mol. The molecule has 0 atom stereocenters. The van der Waals surface area contributed by atoms with E-state index in [1.165, 1.54) is 0 Å². The van der Waals surface area contributed by atoms with Crippen molar-refractivity contribution in [3.05, 3.63) is 88.9 Å². The standard InChI is InChI=1S/C23H20ClNO3/c1-25(21-13-12-18(24)15-17(21)11-14-22(26)27)23(28)20-10-6-5-9-19(20)16-7-3-2-4-8-16/h2-10,12-13,15H,11,14H2,1H3,(H,26,27). The zero-order valence-electron chi connectivity index (χ0n) is 15.4. The van der Waals surface area contributed by atoms with Crippen LogP contribution in [0.15, 0.2) is 72.8 Å². The van der Waals surface area contributed by atoms with E-state index in [9.17, 15) is 9.59 Å². The van der Waals surface area contributed by atoms with E-state index < -0.39 is 5.97 Å². The molecule has 0 radical (unpaired) electrons.